The summed E-state index contributed by atoms with van der Waals surface area (Å²) in [6.45, 7) is 0. The maximum absolute atomic E-state index is 2.68. The maximum Gasteiger partial charge on any atom is 0 e. The van der Waals surface area contributed by atoms with Gasteiger partial charge < -0.3 is 0 Å². The molecule has 0 aliphatic carbocycles. The minimum atomic E-state index is 0. The molecule has 0 aliphatic heterocycles. The number of hydrazine groups is 1. The Kier molecular flexibility index (Phi) is 16.4. The molecule has 5 heavy (non-hydrogen) atoms. The first-order valence-electron chi connectivity index (χ1n) is 1.25. The van der Waals surface area contributed by atoms with Crippen molar-refractivity contribution in [2.45, 2.75) is 0 Å². The second-order valence-corrected chi connectivity index (χ2v) is 0.500. The molecule has 0 fully saturated rings. The second kappa shape index (κ2) is 8.84. The molecule has 0 aromatic heterocycles. The monoisotopic (exact) mass is 269 g/mol. The molecule has 2 N–H and O–H groups in total. The third kappa shape index (κ3) is 11.6. The van der Waals surface area contributed by atoms with Crippen LogP contribution in [-0.4, -0.2) is 40.3 Å². The Balaban J connectivity index is 0. The van der Waals surface area contributed by atoms with Crippen molar-refractivity contribution in [3.8, 4) is 0 Å². The summed E-state index contributed by atoms with van der Waals surface area (Å²) >= 11 is 0. The summed E-state index contributed by atoms with van der Waals surface area (Å²) in [7, 11) is 3.64. The van der Waals surface area contributed by atoms with Crippen molar-refractivity contribution in [2.75, 3.05) is 14.1 Å². The zero-order valence-electron chi connectivity index (χ0n) is 3.45. The summed E-state index contributed by atoms with van der Waals surface area (Å²) in [4.78, 5) is 0. The molecule has 0 heterocycles. The zero-order valence-corrected chi connectivity index (χ0v) is 6.92. The van der Waals surface area contributed by atoms with Crippen LogP contribution in [0, 0.1) is 0 Å². The van der Waals surface area contributed by atoms with Gasteiger partial charge in [0.2, 0.25) is 0 Å². The molecule has 0 unspecified atom stereocenters. The Bertz CT molecular complexity index is 9.61. The fourth-order valence-electron chi connectivity index (χ4n) is 0. The van der Waals surface area contributed by atoms with Gasteiger partial charge in [-0.1, -0.05) is 0 Å². The molecular formula is C2H8BiN2. The summed E-state index contributed by atoms with van der Waals surface area (Å²) < 4.78 is 0. The van der Waals surface area contributed by atoms with E-state index in [1.54, 1.807) is 0 Å². The van der Waals surface area contributed by atoms with Gasteiger partial charge in [0.15, 0.2) is 0 Å². The Hall–Kier alpha value is 0.803. The van der Waals surface area contributed by atoms with Gasteiger partial charge >= 0.3 is 0 Å². The normalized spacial score (nSPS) is 6.00. The van der Waals surface area contributed by atoms with Crippen molar-refractivity contribution in [2.24, 2.45) is 0 Å². The number of nitrogens with one attached hydrogen (secondary N) is 2. The van der Waals surface area contributed by atoms with Crippen LogP contribution in [0.3, 0.4) is 0 Å². The van der Waals surface area contributed by atoms with Gasteiger partial charge in [-0.3, -0.25) is 10.9 Å². The molecule has 3 heteroatoms. The van der Waals surface area contributed by atoms with E-state index in [4.69, 9.17) is 0 Å². The van der Waals surface area contributed by atoms with Gasteiger partial charge in [0.25, 0.3) is 0 Å². The Morgan fingerprint density at radius 3 is 1.20 bits per heavy atom. The number of hydrogen-bond acceptors (Lipinski definition) is 2. The third-order valence-electron chi connectivity index (χ3n) is 0.250. The van der Waals surface area contributed by atoms with Gasteiger partial charge in [-0.2, -0.15) is 0 Å². The minimum absolute atomic E-state index is 0. The molecule has 0 saturated carbocycles. The first kappa shape index (κ1) is 9.26. The molecular weight excluding hydrogens is 261 g/mol. The summed E-state index contributed by atoms with van der Waals surface area (Å²) in [5.41, 5.74) is 5.36. The molecule has 0 aromatic rings. The van der Waals surface area contributed by atoms with Crippen molar-refractivity contribution in [3.63, 3.8) is 0 Å². The Morgan fingerprint density at radius 2 is 1.20 bits per heavy atom. The summed E-state index contributed by atoms with van der Waals surface area (Å²) in [6.07, 6.45) is 0. The van der Waals surface area contributed by atoms with Crippen LogP contribution < -0.4 is 10.9 Å². The van der Waals surface area contributed by atoms with E-state index < -0.39 is 0 Å². The molecule has 0 atom stereocenters. The van der Waals surface area contributed by atoms with Crippen LogP contribution in [0.4, 0.5) is 0 Å². The second-order valence-electron chi connectivity index (χ2n) is 0.500. The average molecular weight is 269 g/mol. The third-order valence-corrected chi connectivity index (χ3v) is 0.250. The summed E-state index contributed by atoms with van der Waals surface area (Å²) in [5, 5.41) is 0. The van der Waals surface area contributed by atoms with Gasteiger partial charge in [-0.15, -0.1) is 0 Å². The maximum atomic E-state index is 2.68. The molecule has 31 valence electrons. The van der Waals surface area contributed by atoms with Crippen molar-refractivity contribution in [1.29, 1.82) is 0 Å². The van der Waals surface area contributed by atoms with Crippen LogP contribution in [0.5, 0.6) is 0 Å². The molecule has 0 aliphatic rings. The first-order valence-corrected chi connectivity index (χ1v) is 1.25. The SMILES string of the molecule is CNNC.[Bi]. The predicted molar refractivity (Wildman–Crippen MR) is 23.9 cm³/mol. The van der Waals surface area contributed by atoms with E-state index in [9.17, 15) is 0 Å². The number of hydrogen-bond donors (Lipinski definition) is 2. The van der Waals surface area contributed by atoms with Crippen LogP contribution in [-0.2, 0) is 0 Å². The van der Waals surface area contributed by atoms with Gasteiger partial charge in [-0.05, 0) is 14.1 Å². The fourth-order valence-corrected chi connectivity index (χ4v) is 0. The van der Waals surface area contributed by atoms with Crippen LogP contribution in [0.25, 0.3) is 0 Å². The van der Waals surface area contributed by atoms with Crippen molar-refractivity contribution in [3.05, 3.63) is 0 Å². The van der Waals surface area contributed by atoms with Gasteiger partial charge in [0.05, 0.1) is 0 Å². The fraction of sp³-hybridized carbons (Fsp3) is 1.00. The largest absolute Gasteiger partial charge is 0.261 e. The predicted octanol–water partition coefficient (Wildman–Crippen LogP) is -1.04. The van der Waals surface area contributed by atoms with Crippen LogP contribution in [0.15, 0.2) is 0 Å². The topological polar surface area (TPSA) is 24.1 Å². The van der Waals surface area contributed by atoms with E-state index in [0.29, 0.717) is 0 Å². The average Bonchev–Trinajstić information content (AvgIpc) is 1.37. The van der Waals surface area contributed by atoms with E-state index in [2.05, 4.69) is 10.9 Å². The molecule has 3 radical (unpaired) electrons. The molecule has 0 rings (SSSR count). The van der Waals surface area contributed by atoms with E-state index in [1.807, 2.05) is 14.1 Å². The number of rotatable bonds is 1. The van der Waals surface area contributed by atoms with Gasteiger partial charge in [-0.25, -0.2) is 0 Å². The van der Waals surface area contributed by atoms with E-state index in [1.165, 1.54) is 0 Å². The van der Waals surface area contributed by atoms with Gasteiger partial charge in [0.1, 0.15) is 0 Å². The molecule has 0 bridgehead atoms. The van der Waals surface area contributed by atoms with Crippen LogP contribution in [0.1, 0.15) is 0 Å². The quantitative estimate of drug-likeness (QED) is 0.469. The Morgan fingerprint density at radius 1 is 1.00 bits per heavy atom. The molecule has 0 spiro atoms. The molecule has 0 saturated heterocycles. The Labute approximate surface area is 51.4 Å². The zero-order chi connectivity index (χ0) is 3.41. The van der Waals surface area contributed by atoms with E-state index in [0.717, 1.165) is 0 Å². The summed E-state index contributed by atoms with van der Waals surface area (Å²) in [5.74, 6) is 0. The van der Waals surface area contributed by atoms with Crippen molar-refractivity contribution < 1.29 is 0 Å². The molecule has 0 aromatic carbocycles. The van der Waals surface area contributed by atoms with Gasteiger partial charge in [0, 0.05) is 26.2 Å². The smallest absolute Gasteiger partial charge is 0 e. The van der Waals surface area contributed by atoms with Crippen molar-refractivity contribution >= 4 is 26.2 Å². The van der Waals surface area contributed by atoms with E-state index in [-0.39, 0.29) is 26.2 Å². The first-order chi connectivity index (χ1) is 1.91. The molecule has 0 amide bonds. The van der Waals surface area contributed by atoms with Crippen molar-refractivity contribution in [1.82, 2.24) is 10.9 Å². The standard InChI is InChI=1S/C2H8N2.Bi/c1-3-4-2;/h3-4H,1-2H3;. The minimum Gasteiger partial charge on any atom is -0.261 e. The van der Waals surface area contributed by atoms with E-state index >= 15 is 0 Å². The molecule has 2 nitrogen and oxygen atoms in total. The van der Waals surface area contributed by atoms with Crippen LogP contribution >= 0.6 is 0 Å². The summed E-state index contributed by atoms with van der Waals surface area (Å²) in [6, 6.07) is 0. The van der Waals surface area contributed by atoms with Crippen LogP contribution in [0.2, 0.25) is 0 Å².